The highest BCUT2D eigenvalue weighted by atomic mass is 35.5. The molecule has 1 fully saturated rings. The van der Waals surface area contributed by atoms with E-state index in [2.05, 4.69) is 18.3 Å². The second-order valence-electron chi connectivity index (χ2n) is 10.3. The molecule has 0 saturated heterocycles. The zero-order valence-corrected chi connectivity index (χ0v) is 23.8. The predicted molar refractivity (Wildman–Crippen MR) is 156 cm³/mol. The lowest BCUT2D eigenvalue weighted by atomic mass is 9.85. The third-order valence-electron chi connectivity index (χ3n) is 7.61. The van der Waals surface area contributed by atoms with E-state index in [1.165, 1.54) is 19.3 Å². The monoisotopic (exact) mass is 571 g/mol. The molecule has 1 heterocycles. The van der Waals surface area contributed by atoms with Crippen LogP contribution in [-0.4, -0.2) is 21.9 Å². The molecule has 1 amide bonds. The maximum absolute atomic E-state index is 13.1. The average molecular weight is 573 g/mol. The molecule has 1 aromatic heterocycles. The van der Waals surface area contributed by atoms with Gasteiger partial charge in [-0.2, -0.15) is 0 Å². The molecular formula is C30H32Cl3N3O2. The fraction of sp³-hybridized carbons (Fsp3) is 0.400. The van der Waals surface area contributed by atoms with Crippen molar-refractivity contribution in [2.24, 2.45) is 5.92 Å². The summed E-state index contributed by atoms with van der Waals surface area (Å²) < 4.78 is 7.70. The SMILES string of the molecule is C[C@@H](NC(=O)Oc1nn(-c2cc(Cl)ccc2Cl)c2c1CCCC/C2=C\c1ccc(Cl)cc1)C1CCCCC1. The van der Waals surface area contributed by atoms with Crippen LogP contribution in [-0.2, 0) is 6.42 Å². The van der Waals surface area contributed by atoms with E-state index in [9.17, 15) is 4.79 Å². The van der Waals surface area contributed by atoms with E-state index in [0.29, 0.717) is 32.6 Å². The van der Waals surface area contributed by atoms with Gasteiger partial charge in [-0.1, -0.05) is 66.2 Å². The number of aromatic nitrogens is 2. The fourth-order valence-corrected chi connectivity index (χ4v) is 6.07. The molecule has 5 rings (SSSR count). The Hall–Kier alpha value is -2.47. The molecule has 0 spiro atoms. The lowest BCUT2D eigenvalue weighted by Crippen LogP contribution is -2.40. The zero-order chi connectivity index (χ0) is 26.6. The van der Waals surface area contributed by atoms with Gasteiger partial charge >= 0.3 is 6.09 Å². The molecule has 8 heteroatoms. The minimum atomic E-state index is -0.472. The Labute approximate surface area is 239 Å². The summed E-state index contributed by atoms with van der Waals surface area (Å²) >= 11 is 19.1. The maximum Gasteiger partial charge on any atom is 0.414 e. The van der Waals surface area contributed by atoms with E-state index >= 15 is 0 Å². The van der Waals surface area contributed by atoms with Gasteiger partial charge < -0.3 is 10.1 Å². The van der Waals surface area contributed by atoms with Crippen molar-refractivity contribution >= 4 is 52.5 Å². The third kappa shape index (κ3) is 6.22. The van der Waals surface area contributed by atoms with Crippen LogP contribution in [0.4, 0.5) is 4.79 Å². The van der Waals surface area contributed by atoms with Crippen LogP contribution < -0.4 is 10.1 Å². The Morgan fingerprint density at radius 2 is 1.71 bits per heavy atom. The van der Waals surface area contributed by atoms with Gasteiger partial charge in [0.2, 0.25) is 5.88 Å². The second kappa shape index (κ2) is 12.1. The van der Waals surface area contributed by atoms with Crippen LogP contribution in [0.3, 0.4) is 0 Å². The van der Waals surface area contributed by atoms with Crippen LogP contribution in [0.5, 0.6) is 5.88 Å². The molecule has 2 aromatic carbocycles. The third-order valence-corrected chi connectivity index (χ3v) is 8.42. The van der Waals surface area contributed by atoms with E-state index in [0.717, 1.165) is 60.9 Å². The van der Waals surface area contributed by atoms with Crippen molar-refractivity contribution < 1.29 is 9.53 Å². The number of hydrogen-bond donors (Lipinski definition) is 1. The molecule has 1 N–H and O–H groups in total. The highest BCUT2D eigenvalue weighted by molar-refractivity contribution is 6.34. The molecular weight excluding hydrogens is 541 g/mol. The van der Waals surface area contributed by atoms with Crippen LogP contribution in [0.2, 0.25) is 15.1 Å². The van der Waals surface area contributed by atoms with Gasteiger partial charge in [0, 0.05) is 21.7 Å². The van der Waals surface area contributed by atoms with Crippen molar-refractivity contribution in [3.05, 3.63) is 74.4 Å². The quantitative estimate of drug-likeness (QED) is 0.310. The van der Waals surface area contributed by atoms with Gasteiger partial charge in [-0.05, 0) is 98.9 Å². The standard InChI is InChI=1S/C30H32Cl3N3O2/c1-19(21-7-3-2-4-8-21)34-30(37)38-29-25-10-6-5-9-22(17-20-11-13-23(31)14-12-20)28(25)36(35-29)27-18-24(32)15-16-26(27)33/h11-19,21H,2-10H2,1H3,(H,34,37)/b22-17+/t19-/m1/s1. The Balaban J connectivity index is 1.54. The van der Waals surface area contributed by atoms with Crippen LogP contribution in [0.25, 0.3) is 17.3 Å². The van der Waals surface area contributed by atoms with E-state index in [-0.39, 0.29) is 6.04 Å². The van der Waals surface area contributed by atoms with E-state index in [1.54, 1.807) is 22.9 Å². The number of carbonyl (C=O) groups is 1. The number of nitrogens with one attached hydrogen (secondary N) is 1. The number of nitrogens with zero attached hydrogens (tertiary/aromatic N) is 2. The first-order valence-electron chi connectivity index (χ1n) is 13.4. The summed E-state index contributed by atoms with van der Waals surface area (Å²) in [6.07, 6.45) is 11.2. The molecule has 200 valence electrons. The molecule has 5 nitrogen and oxygen atoms in total. The average Bonchev–Trinajstić information content (AvgIpc) is 3.12. The highest BCUT2D eigenvalue weighted by Gasteiger charge is 2.28. The predicted octanol–water partition coefficient (Wildman–Crippen LogP) is 9.16. The topological polar surface area (TPSA) is 56.1 Å². The number of ether oxygens (including phenoxy) is 1. The van der Waals surface area contributed by atoms with Gasteiger partial charge in [-0.25, -0.2) is 9.48 Å². The van der Waals surface area contributed by atoms with Crippen molar-refractivity contribution in [3.8, 4) is 11.6 Å². The summed E-state index contributed by atoms with van der Waals surface area (Å²) in [5.74, 6) is 0.790. The lowest BCUT2D eigenvalue weighted by Gasteiger charge is -2.27. The zero-order valence-electron chi connectivity index (χ0n) is 21.5. The first-order valence-corrected chi connectivity index (χ1v) is 14.5. The molecule has 38 heavy (non-hydrogen) atoms. The summed E-state index contributed by atoms with van der Waals surface area (Å²) in [6, 6.07) is 13.1. The van der Waals surface area contributed by atoms with Gasteiger partial charge in [0.15, 0.2) is 0 Å². The Morgan fingerprint density at radius 3 is 2.47 bits per heavy atom. The molecule has 2 aliphatic carbocycles. The van der Waals surface area contributed by atoms with Crippen LogP contribution in [0, 0.1) is 5.92 Å². The maximum atomic E-state index is 13.1. The van der Waals surface area contributed by atoms with E-state index < -0.39 is 6.09 Å². The van der Waals surface area contributed by atoms with Gasteiger partial charge in [0.05, 0.1) is 16.4 Å². The summed E-state index contributed by atoms with van der Waals surface area (Å²) in [6.45, 7) is 2.06. The summed E-state index contributed by atoms with van der Waals surface area (Å²) in [5, 5.41) is 9.61. The number of carbonyl (C=O) groups excluding carboxylic acids is 1. The van der Waals surface area contributed by atoms with E-state index in [4.69, 9.17) is 44.6 Å². The number of hydrogen-bond acceptors (Lipinski definition) is 3. The Bertz CT molecular complexity index is 1330. The summed E-state index contributed by atoms with van der Waals surface area (Å²) in [4.78, 5) is 13.1. The van der Waals surface area contributed by atoms with Crippen LogP contribution >= 0.6 is 34.8 Å². The first kappa shape index (κ1) is 27.1. The Kier molecular flexibility index (Phi) is 8.67. The minimum absolute atomic E-state index is 0.0474. The number of benzene rings is 2. The van der Waals surface area contributed by atoms with Crippen molar-refractivity contribution in [2.75, 3.05) is 0 Å². The normalized spacial score (nSPS) is 18.1. The van der Waals surface area contributed by atoms with Crippen molar-refractivity contribution in [3.63, 3.8) is 0 Å². The highest BCUT2D eigenvalue weighted by Crippen LogP contribution is 2.39. The first-order chi connectivity index (χ1) is 18.4. The van der Waals surface area contributed by atoms with Crippen LogP contribution in [0.15, 0.2) is 42.5 Å². The summed E-state index contributed by atoms with van der Waals surface area (Å²) in [5.41, 5.74) is 4.56. The lowest BCUT2D eigenvalue weighted by molar-refractivity contribution is 0.184. The molecule has 3 aromatic rings. The smallest absolute Gasteiger partial charge is 0.389 e. The number of halogens is 3. The number of allylic oxidation sites excluding steroid dienone is 1. The van der Waals surface area contributed by atoms with Gasteiger partial charge in [-0.3, -0.25) is 0 Å². The summed E-state index contributed by atoms with van der Waals surface area (Å²) in [7, 11) is 0. The molecule has 0 radical (unpaired) electrons. The largest absolute Gasteiger partial charge is 0.414 e. The number of rotatable bonds is 5. The molecule has 0 bridgehead atoms. The minimum Gasteiger partial charge on any atom is -0.389 e. The molecule has 2 aliphatic rings. The number of amides is 1. The van der Waals surface area contributed by atoms with Gasteiger partial charge in [0.1, 0.15) is 0 Å². The second-order valence-corrected chi connectivity index (χ2v) is 11.6. The number of fused-ring (bicyclic) bond motifs is 1. The van der Waals surface area contributed by atoms with Gasteiger partial charge in [0.25, 0.3) is 0 Å². The fourth-order valence-electron chi connectivity index (χ4n) is 5.58. The molecule has 1 saturated carbocycles. The van der Waals surface area contributed by atoms with Crippen molar-refractivity contribution in [1.29, 1.82) is 0 Å². The Morgan fingerprint density at radius 1 is 1.00 bits per heavy atom. The van der Waals surface area contributed by atoms with Crippen molar-refractivity contribution in [2.45, 2.75) is 70.8 Å². The molecule has 0 aliphatic heterocycles. The van der Waals surface area contributed by atoms with Crippen LogP contribution in [0.1, 0.15) is 75.1 Å². The molecule has 1 atom stereocenters. The molecule has 0 unspecified atom stereocenters. The van der Waals surface area contributed by atoms with Crippen molar-refractivity contribution in [1.82, 2.24) is 15.1 Å². The van der Waals surface area contributed by atoms with E-state index in [1.807, 2.05) is 24.3 Å². The van der Waals surface area contributed by atoms with Gasteiger partial charge in [-0.15, -0.1) is 5.10 Å².